The molecule has 2 N–H and O–H groups in total. The van der Waals surface area contributed by atoms with Crippen molar-refractivity contribution < 1.29 is 19.2 Å². The summed E-state index contributed by atoms with van der Waals surface area (Å²) in [7, 11) is 0. The number of hydrogen-bond donors (Lipinski definition) is 2. The highest BCUT2D eigenvalue weighted by Gasteiger charge is 2.16. The fourth-order valence-corrected chi connectivity index (χ4v) is 1.32. The lowest BCUT2D eigenvalue weighted by atomic mass is 10.2. The Morgan fingerprint density at radius 1 is 1.44 bits per heavy atom. The van der Waals surface area contributed by atoms with Crippen LogP contribution in [0.25, 0.3) is 0 Å². The molecular formula is C11H9N3O4. The van der Waals surface area contributed by atoms with Crippen LogP contribution >= 0.6 is 0 Å². The van der Waals surface area contributed by atoms with Gasteiger partial charge in [-0.2, -0.15) is 0 Å². The van der Waals surface area contributed by atoms with Crippen molar-refractivity contribution in [1.82, 2.24) is 10.1 Å². The molecule has 0 spiro atoms. The lowest BCUT2D eigenvalue weighted by Gasteiger charge is -2.04. The van der Waals surface area contributed by atoms with E-state index in [-0.39, 0.29) is 17.1 Å². The molecule has 0 saturated heterocycles. The van der Waals surface area contributed by atoms with Crippen LogP contribution in [0.3, 0.4) is 0 Å². The van der Waals surface area contributed by atoms with Crippen molar-refractivity contribution in [2.75, 3.05) is 5.32 Å². The van der Waals surface area contributed by atoms with Crippen molar-refractivity contribution in [2.24, 2.45) is 0 Å². The largest absolute Gasteiger partial charge is 0.478 e. The Morgan fingerprint density at radius 2 is 2.22 bits per heavy atom. The van der Waals surface area contributed by atoms with Gasteiger partial charge in [0.2, 0.25) is 5.76 Å². The summed E-state index contributed by atoms with van der Waals surface area (Å²) in [6, 6.07) is 4.26. The Bertz CT molecular complexity index is 606. The number of carboxylic acid groups (broad SMARTS) is 1. The maximum Gasteiger partial charge on any atom is 0.339 e. The molecule has 1 amide bonds. The topological polar surface area (TPSA) is 105 Å². The van der Waals surface area contributed by atoms with Gasteiger partial charge in [0.1, 0.15) is 11.4 Å². The van der Waals surface area contributed by atoms with Crippen LogP contribution < -0.4 is 5.32 Å². The molecule has 0 aliphatic rings. The van der Waals surface area contributed by atoms with Crippen LogP contribution in [-0.4, -0.2) is 27.1 Å². The van der Waals surface area contributed by atoms with Gasteiger partial charge in [0, 0.05) is 12.3 Å². The molecule has 0 aliphatic heterocycles. The minimum atomic E-state index is -1.17. The summed E-state index contributed by atoms with van der Waals surface area (Å²) in [6.07, 6.45) is 1.38. The number of nitrogens with zero attached hydrogens (tertiary/aromatic N) is 2. The van der Waals surface area contributed by atoms with Crippen molar-refractivity contribution in [3.8, 4) is 0 Å². The molecule has 18 heavy (non-hydrogen) atoms. The van der Waals surface area contributed by atoms with Gasteiger partial charge in [-0.15, -0.1) is 0 Å². The average Bonchev–Trinajstić information content (AvgIpc) is 2.76. The summed E-state index contributed by atoms with van der Waals surface area (Å²) in [5.74, 6) is -1.82. The molecule has 2 aromatic heterocycles. The third kappa shape index (κ3) is 2.34. The van der Waals surface area contributed by atoms with Gasteiger partial charge in [0.05, 0.1) is 5.69 Å². The van der Waals surface area contributed by atoms with Gasteiger partial charge in [-0.25, -0.2) is 9.78 Å². The van der Waals surface area contributed by atoms with Crippen molar-refractivity contribution >= 4 is 17.7 Å². The van der Waals surface area contributed by atoms with E-state index in [9.17, 15) is 9.59 Å². The predicted octanol–water partition coefficient (Wildman–Crippen LogP) is 1.33. The smallest absolute Gasteiger partial charge is 0.339 e. The molecule has 2 rings (SSSR count). The van der Waals surface area contributed by atoms with Crippen molar-refractivity contribution in [1.29, 1.82) is 0 Å². The van der Waals surface area contributed by atoms with Crippen LogP contribution in [0.5, 0.6) is 0 Å². The zero-order chi connectivity index (χ0) is 13.1. The number of anilines is 1. The van der Waals surface area contributed by atoms with Gasteiger partial charge >= 0.3 is 5.97 Å². The molecule has 0 aliphatic carbocycles. The SMILES string of the molecule is Cc1cc(C(=O)Nc2ncccc2C(=O)O)on1. The van der Waals surface area contributed by atoms with E-state index in [1.165, 1.54) is 24.4 Å². The van der Waals surface area contributed by atoms with Gasteiger partial charge in [0.15, 0.2) is 0 Å². The number of aromatic carboxylic acids is 1. The van der Waals surface area contributed by atoms with Crippen LogP contribution in [0.4, 0.5) is 5.82 Å². The van der Waals surface area contributed by atoms with E-state index in [0.29, 0.717) is 5.69 Å². The van der Waals surface area contributed by atoms with Gasteiger partial charge < -0.3 is 14.9 Å². The summed E-state index contributed by atoms with van der Waals surface area (Å²) in [4.78, 5) is 26.4. The first kappa shape index (κ1) is 11.8. The van der Waals surface area contributed by atoms with Gasteiger partial charge in [-0.1, -0.05) is 5.16 Å². The third-order valence-electron chi connectivity index (χ3n) is 2.12. The second-order valence-corrected chi connectivity index (χ2v) is 3.49. The quantitative estimate of drug-likeness (QED) is 0.847. The summed E-state index contributed by atoms with van der Waals surface area (Å²) in [5.41, 5.74) is 0.460. The molecular weight excluding hydrogens is 238 g/mol. The second kappa shape index (κ2) is 4.66. The highest BCUT2D eigenvalue weighted by molar-refractivity contribution is 6.05. The molecule has 0 fully saturated rings. The second-order valence-electron chi connectivity index (χ2n) is 3.49. The number of carboxylic acids is 1. The number of rotatable bonds is 3. The number of aromatic nitrogens is 2. The Kier molecular flexibility index (Phi) is 3.05. The average molecular weight is 247 g/mol. The van der Waals surface area contributed by atoms with Crippen LogP contribution in [-0.2, 0) is 0 Å². The number of carbonyl (C=O) groups is 2. The van der Waals surface area contributed by atoms with Gasteiger partial charge in [0.25, 0.3) is 5.91 Å². The minimum absolute atomic E-state index is 0.00510. The number of pyridine rings is 1. The van der Waals surface area contributed by atoms with Crippen LogP contribution in [0.15, 0.2) is 28.9 Å². The third-order valence-corrected chi connectivity index (χ3v) is 2.12. The maximum atomic E-state index is 11.7. The summed E-state index contributed by atoms with van der Waals surface area (Å²) < 4.78 is 4.76. The van der Waals surface area contributed by atoms with Crippen molar-refractivity contribution in [2.45, 2.75) is 6.92 Å². The Hall–Kier alpha value is -2.70. The summed E-state index contributed by atoms with van der Waals surface area (Å²) >= 11 is 0. The maximum absolute atomic E-state index is 11.7. The molecule has 0 aromatic carbocycles. The molecule has 2 heterocycles. The monoisotopic (exact) mass is 247 g/mol. The van der Waals surface area contributed by atoms with Crippen LogP contribution in [0.1, 0.15) is 26.6 Å². The number of nitrogens with one attached hydrogen (secondary N) is 1. The van der Waals surface area contributed by atoms with E-state index >= 15 is 0 Å². The molecule has 0 radical (unpaired) electrons. The Morgan fingerprint density at radius 3 is 2.83 bits per heavy atom. The Labute approximate surface area is 101 Å². The Balaban J connectivity index is 2.24. The molecule has 0 unspecified atom stereocenters. The van der Waals surface area contributed by atoms with E-state index < -0.39 is 11.9 Å². The van der Waals surface area contributed by atoms with E-state index in [1.54, 1.807) is 6.92 Å². The standard InChI is InChI=1S/C11H9N3O4/c1-6-5-8(18-14-6)10(15)13-9-7(11(16)17)3-2-4-12-9/h2-5H,1H3,(H,16,17)(H,12,13,15). The highest BCUT2D eigenvalue weighted by atomic mass is 16.5. The first-order valence-electron chi connectivity index (χ1n) is 5.01. The van der Waals surface area contributed by atoms with E-state index in [2.05, 4.69) is 15.5 Å². The lowest BCUT2D eigenvalue weighted by molar-refractivity contribution is 0.0697. The molecule has 92 valence electrons. The van der Waals surface area contributed by atoms with E-state index in [0.717, 1.165) is 0 Å². The summed E-state index contributed by atoms with van der Waals surface area (Å²) in [6.45, 7) is 1.67. The summed E-state index contributed by atoms with van der Waals surface area (Å²) in [5, 5.41) is 14.8. The molecule has 7 nitrogen and oxygen atoms in total. The van der Waals surface area contributed by atoms with Gasteiger partial charge in [-0.05, 0) is 19.1 Å². The van der Waals surface area contributed by atoms with Crippen molar-refractivity contribution in [3.63, 3.8) is 0 Å². The zero-order valence-electron chi connectivity index (χ0n) is 9.38. The van der Waals surface area contributed by atoms with Crippen LogP contribution in [0, 0.1) is 6.92 Å². The molecule has 0 atom stereocenters. The fraction of sp³-hybridized carbons (Fsp3) is 0.0909. The van der Waals surface area contributed by atoms with E-state index in [1.807, 2.05) is 0 Å². The number of aryl methyl sites for hydroxylation is 1. The predicted molar refractivity (Wildman–Crippen MR) is 60.4 cm³/mol. The van der Waals surface area contributed by atoms with Crippen molar-refractivity contribution in [3.05, 3.63) is 41.4 Å². The molecule has 2 aromatic rings. The molecule has 0 bridgehead atoms. The first-order valence-corrected chi connectivity index (χ1v) is 5.01. The number of carbonyl (C=O) groups excluding carboxylic acids is 1. The molecule has 0 saturated carbocycles. The zero-order valence-corrected chi connectivity index (χ0v) is 9.38. The minimum Gasteiger partial charge on any atom is -0.478 e. The fourth-order valence-electron chi connectivity index (χ4n) is 1.32. The first-order chi connectivity index (χ1) is 8.58. The highest BCUT2D eigenvalue weighted by Crippen LogP contribution is 2.13. The number of amides is 1. The van der Waals surface area contributed by atoms with Crippen LogP contribution in [0.2, 0.25) is 0 Å². The molecule has 7 heteroatoms. The van der Waals surface area contributed by atoms with E-state index in [4.69, 9.17) is 9.63 Å². The van der Waals surface area contributed by atoms with Gasteiger partial charge in [-0.3, -0.25) is 4.79 Å². The normalized spacial score (nSPS) is 10.1. The number of hydrogen-bond acceptors (Lipinski definition) is 5. The lowest BCUT2D eigenvalue weighted by Crippen LogP contribution is -2.15.